The Morgan fingerprint density at radius 3 is 2.67 bits per heavy atom. The molecule has 12 heavy (non-hydrogen) atoms. The van der Waals surface area contributed by atoms with Crippen molar-refractivity contribution in [3.05, 3.63) is 12.2 Å². The van der Waals surface area contributed by atoms with Crippen LogP contribution in [0.25, 0.3) is 0 Å². The van der Waals surface area contributed by atoms with E-state index in [4.69, 9.17) is 0 Å². The first-order valence-corrected chi connectivity index (χ1v) is 4.73. The molecule has 0 aromatic heterocycles. The third-order valence-corrected chi connectivity index (χ3v) is 1.56. The Kier molecular flexibility index (Phi) is 7.76. The fourth-order valence-electron chi connectivity index (χ4n) is 0.834. The van der Waals surface area contributed by atoms with Gasteiger partial charge in [0.25, 0.3) is 0 Å². The Morgan fingerprint density at radius 2 is 2.08 bits per heavy atom. The highest BCUT2D eigenvalue weighted by atomic mass is 16.1. The molecule has 0 atom stereocenters. The minimum Gasteiger partial charge on any atom is -0.356 e. The monoisotopic (exact) mass is 169 g/mol. The highest BCUT2D eigenvalue weighted by Gasteiger charge is 1.94. The summed E-state index contributed by atoms with van der Waals surface area (Å²) < 4.78 is 0. The molecule has 0 heterocycles. The van der Waals surface area contributed by atoms with Gasteiger partial charge in [0.05, 0.1) is 0 Å². The highest BCUT2D eigenvalue weighted by molar-refractivity contribution is 5.77. The lowest BCUT2D eigenvalue weighted by atomic mass is 10.3. The van der Waals surface area contributed by atoms with Gasteiger partial charge < -0.3 is 5.32 Å². The first-order chi connectivity index (χ1) is 5.81. The SMILES string of the molecule is CC/C=C/CC(=O)NCCCC. The minimum absolute atomic E-state index is 0.133. The van der Waals surface area contributed by atoms with Gasteiger partial charge in [0.2, 0.25) is 5.91 Å². The second-order valence-corrected chi connectivity index (χ2v) is 2.79. The van der Waals surface area contributed by atoms with Crippen molar-refractivity contribution in [3.63, 3.8) is 0 Å². The van der Waals surface area contributed by atoms with Crippen LogP contribution in [0.15, 0.2) is 12.2 Å². The van der Waals surface area contributed by atoms with Crippen molar-refractivity contribution in [3.8, 4) is 0 Å². The van der Waals surface area contributed by atoms with E-state index in [0.29, 0.717) is 6.42 Å². The zero-order valence-corrected chi connectivity index (χ0v) is 8.10. The van der Waals surface area contributed by atoms with Gasteiger partial charge in [0.1, 0.15) is 0 Å². The normalized spacial score (nSPS) is 10.5. The van der Waals surface area contributed by atoms with E-state index in [0.717, 1.165) is 25.8 Å². The minimum atomic E-state index is 0.133. The van der Waals surface area contributed by atoms with Gasteiger partial charge in [0, 0.05) is 13.0 Å². The zero-order valence-electron chi connectivity index (χ0n) is 8.10. The number of nitrogens with one attached hydrogen (secondary N) is 1. The van der Waals surface area contributed by atoms with E-state index < -0.39 is 0 Å². The molecule has 0 unspecified atom stereocenters. The fraction of sp³-hybridized carbons (Fsp3) is 0.700. The summed E-state index contributed by atoms with van der Waals surface area (Å²) in [5.41, 5.74) is 0. The van der Waals surface area contributed by atoms with E-state index in [1.807, 2.05) is 12.2 Å². The van der Waals surface area contributed by atoms with E-state index >= 15 is 0 Å². The molecule has 0 bridgehead atoms. The molecule has 0 spiro atoms. The van der Waals surface area contributed by atoms with Crippen molar-refractivity contribution < 1.29 is 4.79 Å². The molecule has 0 saturated carbocycles. The van der Waals surface area contributed by atoms with Gasteiger partial charge >= 0.3 is 0 Å². The second-order valence-electron chi connectivity index (χ2n) is 2.79. The molecule has 70 valence electrons. The third-order valence-electron chi connectivity index (χ3n) is 1.56. The molecule has 0 saturated heterocycles. The van der Waals surface area contributed by atoms with Crippen LogP contribution in [0.5, 0.6) is 0 Å². The van der Waals surface area contributed by atoms with Crippen molar-refractivity contribution in [1.82, 2.24) is 5.32 Å². The van der Waals surface area contributed by atoms with Crippen LogP contribution < -0.4 is 5.32 Å². The van der Waals surface area contributed by atoms with Crippen LogP contribution in [-0.2, 0) is 4.79 Å². The maximum atomic E-state index is 11.0. The molecular weight excluding hydrogens is 150 g/mol. The van der Waals surface area contributed by atoms with E-state index in [1.165, 1.54) is 0 Å². The number of allylic oxidation sites excluding steroid dienone is 1. The maximum absolute atomic E-state index is 11.0. The summed E-state index contributed by atoms with van der Waals surface area (Å²) in [5, 5.41) is 2.85. The first kappa shape index (κ1) is 11.2. The lowest BCUT2D eigenvalue weighted by molar-refractivity contribution is -0.120. The largest absolute Gasteiger partial charge is 0.356 e. The molecule has 0 aliphatic carbocycles. The standard InChI is InChI=1S/C10H19NO/c1-3-5-7-8-10(12)11-9-6-4-2/h5,7H,3-4,6,8-9H2,1-2H3,(H,11,12)/b7-5+. The van der Waals surface area contributed by atoms with Crippen LogP contribution in [0.4, 0.5) is 0 Å². The van der Waals surface area contributed by atoms with Gasteiger partial charge in [-0.2, -0.15) is 0 Å². The Labute approximate surface area is 75.0 Å². The van der Waals surface area contributed by atoms with Crippen molar-refractivity contribution in [2.75, 3.05) is 6.54 Å². The number of hydrogen-bond acceptors (Lipinski definition) is 1. The summed E-state index contributed by atoms with van der Waals surface area (Å²) >= 11 is 0. The molecule has 0 aliphatic rings. The van der Waals surface area contributed by atoms with Gasteiger partial charge in [-0.3, -0.25) is 4.79 Å². The topological polar surface area (TPSA) is 29.1 Å². The Hall–Kier alpha value is -0.790. The predicted octanol–water partition coefficient (Wildman–Crippen LogP) is 2.26. The molecule has 1 amide bonds. The number of unbranched alkanes of at least 4 members (excludes halogenated alkanes) is 1. The molecule has 1 N–H and O–H groups in total. The Morgan fingerprint density at radius 1 is 1.33 bits per heavy atom. The average Bonchev–Trinajstić information content (AvgIpc) is 2.06. The summed E-state index contributed by atoms with van der Waals surface area (Å²) in [4.78, 5) is 11.0. The van der Waals surface area contributed by atoms with Crippen LogP contribution >= 0.6 is 0 Å². The number of rotatable bonds is 6. The summed E-state index contributed by atoms with van der Waals surface area (Å²) in [5.74, 6) is 0.133. The van der Waals surface area contributed by atoms with Crippen LogP contribution in [0, 0.1) is 0 Å². The molecule has 0 fully saturated rings. The lowest BCUT2D eigenvalue weighted by Crippen LogP contribution is -2.23. The van der Waals surface area contributed by atoms with Gasteiger partial charge in [-0.1, -0.05) is 32.4 Å². The first-order valence-electron chi connectivity index (χ1n) is 4.73. The molecule has 0 aliphatic heterocycles. The maximum Gasteiger partial charge on any atom is 0.223 e. The van der Waals surface area contributed by atoms with Crippen LogP contribution in [0.1, 0.15) is 39.5 Å². The summed E-state index contributed by atoms with van der Waals surface area (Å²) in [6.07, 6.45) is 7.66. The molecule has 2 heteroatoms. The quantitative estimate of drug-likeness (QED) is 0.479. The predicted molar refractivity (Wildman–Crippen MR) is 52.0 cm³/mol. The Bertz CT molecular complexity index is 141. The van der Waals surface area contributed by atoms with Crippen molar-refractivity contribution in [2.24, 2.45) is 0 Å². The van der Waals surface area contributed by atoms with Crippen LogP contribution in [-0.4, -0.2) is 12.5 Å². The Balaban J connectivity index is 3.27. The van der Waals surface area contributed by atoms with E-state index in [-0.39, 0.29) is 5.91 Å². The lowest BCUT2D eigenvalue weighted by Gasteiger charge is -2.00. The van der Waals surface area contributed by atoms with Gasteiger partial charge in [0.15, 0.2) is 0 Å². The number of carbonyl (C=O) groups excluding carboxylic acids is 1. The average molecular weight is 169 g/mol. The smallest absolute Gasteiger partial charge is 0.223 e. The summed E-state index contributed by atoms with van der Waals surface area (Å²) in [7, 11) is 0. The number of carbonyl (C=O) groups is 1. The summed E-state index contributed by atoms with van der Waals surface area (Å²) in [6, 6.07) is 0. The van der Waals surface area contributed by atoms with E-state index in [2.05, 4.69) is 19.2 Å². The number of amides is 1. The van der Waals surface area contributed by atoms with Crippen molar-refractivity contribution in [2.45, 2.75) is 39.5 Å². The van der Waals surface area contributed by atoms with Gasteiger partial charge in [-0.05, 0) is 12.8 Å². The third kappa shape index (κ3) is 7.32. The highest BCUT2D eigenvalue weighted by Crippen LogP contribution is 1.88. The molecule has 0 aromatic rings. The van der Waals surface area contributed by atoms with Crippen molar-refractivity contribution in [1.29, 1.82) is 0 Å². The van der Waals surface area contributed by atoms with E-state index in [1.54, 1.807) is 0 Å². The molecule has 0 aromatic carbocycles. The van der Waals surface area contributed by atoms with Crippen LogP contribution in [0.3, 0.4) is 0 Å². The molecule has 0 radical (unpaired) electrons. The second kappa shape index (κ2) is 8.31. The fourth-order valence-corrected chi connectivity index (χ4v) is 0.834. The molecule has 0 rings (SSSR count). The van der Waals surface area contributed by atoms with Crippen molar-refractivity contribution >= 4 is 5.91 Å². The zero-order chi connectivity index (χ0) is 9.23. The van der Waals surface area contributed by atoms with Crippen LogP contribution in [0.2, 0.25) is 0 Å². The molecule has 2 nitrogen and oxygen atoms in total. The van der Waals surface area contributed by atoms with Gasteiger partial charge in [-0.15, -0.1) is 0 Å². The molecular formula is C10H19NO. The summed E-state index contributed by atoms with van der Waals surface area (Å²) in [6.45, 7) is 4.99. The van der Waals surface area contributed by atoms with Gasteiger partial charge in [-0.25, -0.2) is 0 Å². The number of hydrogen-bond donors (Lipinski definition) is 1. The van der Waals surface area contributed by atoms with E-state index in [9.17, 15) is 4.79 Å².